The summed E-state index contributed by atoms with van der Waals surface area (Å²) in [6.07, 6.45) is -1.38. The number of carboxylic acids is 1. The Hall–Kier alpha value is -1.95. The minimum atomic E-state index is -1.09. The van der Waals surface area contributed by atoms with E-state index in [-0.39, 0.29) is 18.6 Å². The van der Waals surface area contributed by atoms with Crippen molar-refractivity contribution in [3.63, 3.8) is 0 Å². The van der Waals surface area contributed by atoms with Gasteiger partial charge in [0.1, 0.15) is 5.82 Å². The summed E-state index contributed by atoms with van der Waals surface area (Å²) in [5.41, 5.74) is 0.908. The lowest BCUT2D eigenvalue weighted by Crippen LogP contribution is -2.51. The first-order valence-electron chi connectivity index (χ1n) is 6.32. The van der Waals surface area contributed by atoms with Crippen LogP contribution in [0.4, 0.5) is 4.39 Å². The summed E-state index contributed by atoms with van der Waals surface area (Å²) in [6, 6.07) is 3.92. The predicted molar refractivity (Wildman–Crippen MR) is 69.0 cm³/mol. The fourth-order valence-corrected chi connectivity index (χ4v) is 2.29. The number of aliphatic carboxylic acids is 1. The maximum atomic E-state index is 13.1. The van der Waals surface area contributed by atoms with Gasteiger partial charge in [-0.2, -0.15) is 0 Å². The number of morpholine rings is 1. The van der Waals surface area contributed by atoms with Gasteiger partial charge in [0.2, 0.25) is 0 Å². The topological polar surface area (TPSA) is 66.8 Å². The van der Waals surface area contributed by atoms with Crippen LogP contribution in [-0.2, 0) is 9.53 Å². The van der Waals surface area contributed by atoms with Crippen LogP contribution in [0.3, 0.4) is 0 Å². The zero-order valence-electron chi connectivity index (χ0n) is 11.3. The molecule has 0 spiro atoms. The quantitative estimate of drug-likeness (QED) is 0.891. The van der Waals surface area contributed by atoms with Gasteiger partial charge in [-0.1, -0.05) is 0 Å². The van der Waals surface area contributed by atoms with Crippen LogP contribution in [0.15, 0.2) is 18.2 Å². The number of nitrogens with zero attached hydrogens (tertiary/aromatic N) is 1. The lowest BCUT2D eigenvalue weighted by Gasteiger charge is -2.35. The van der Waals surface area contributed by atoms with Gasteiger partial charge in [0.15, 0.2) is 6.10 Å². The molecule has 20 heavy (non-hydrogen) atoms. The normalized spacial score (nSPS) is 22.6. The van der Waals surface area contributed by atoms with Crippen LogP contribution >= 0.6 is 0 Å². The van der Waals surface area contributed by atoms with Gasteiger partial charge in [0, 0.05) is 12.1 Å². The van der Waals surface area contributed by atoms with Crippen molar-refractivity contribution in [1.29, 1.82) is 0 Å². The van der Waals surface area contributed by atoms with E-state index < -0.39 is 17.9 Å². The minimum Gasteiger partial charge on any atom is -0.479 e. The number of halogens is 1. The van der Waals surface area contributed by atoms with E-state index in [2.05, 4.69) is 0 Å². The molecule has 2 atom stereocenters. The van der Waals surface area contributed by atoms with E-state index in [1.807, 2.05) is 0 Å². The zero-order valence-corrected chi connectivity index (χ0v) is 11.3. The van der Waals surface area contributed by atoms with Crippen LogP contribution in [0, 0.1) is 12.7 Å². The van der Waals surface area contributed by atoms with E-state index in [9.17, 15) is 14.0 Å². The standard InChI is InChI=1S/C14H16FNO4/c1-8-5-10(15)3-4-11(8)13(17)16-6-9(2)20-12(7-16)14(18)19/h3-5,9,12H,6-7H2,1-2H3,(H,18,19)/t9-,12?/m1/s1. The monoisotopic (exact) mass is 281 g/mol. The molecule has 1 aliphatic rings. The Morgan fingerprint density at radius 2 is 2.10 bits per heavy atom. The molecule has 2 rings (SSSR count). The summed E-state index contributed by atoms with van der Waals surface area (Å²) in [4.78, 5) is 24.8. The number of carbonyl (C=O) groups excluding carboxylic acids is 1. The molecule has 1 aliphatic heterocycles. The van der Waals surface area contributed by atoms with Crippen LogP contribution in [0.2, 0.25) is 0 Å². The molecule has 1 N–H and O–H groups in total. The van der Waals surface area contributed by atoms with Crippen molar-refractivity contribution in [2.45, 2.75) is 26.1 Å². The second-order valence-electron chi connectivity index (χ2n) is 4.94. The molecule has 5 nitrogen and oxygen atoms in total. The second-order valence-corrected chi connectivity index (χ2v) is 4.94. The zero-order chi connectivity index (χ0) is 14.9. The molecule has 0 aliphatic carbocycles. The highest BCUT2D eigenvalue weighted by Gasteiger charge is 2.33. The lowest BCUT2D eigenvalue weighted by atomic mass is 10.1. The summed E-state index contributed by atoms with van der Waals surface area (Å²) in [5.74, 6) is -1.80. The van der Waals surface area contributed by atoms with Crippen molar-refractivity contribution in [2.24, 2.45) is 0 Å². The number of rotatable bonds is 2. The largest absolute Gasteiger partial charge is 0.479 e. The SMILES string of the molecule is Cc1cc(F)ccc1C(=O)N1CC(C(=O)O)O[C@H](C)C1. The van der Waals surface area contributed by atoms with Crippen LogP contribution < -0.4 is 0 Å². The Morgan fingerprint density at radius 1 is 1.40 bits per heavy atom. The third-order valence-corrected chi connectivity index (χ3v) is 3.24. The van der Waals surface area contributed by atoms with Crippen molar-refractivity contribution in [3.05, 3.63) is 35.1 Å². The molecule has 1 unspecified atom stereocenters. The number of ether oxygens (including phenoxy) is 1. The van der Waals surface area contributed by atoms with Gasteiger partial charge in [-0.25, -0.2) is 9.18 Å². The van der Waals surface area contributed by atoms with Crippen LogP contribution in [0.5, 0.6) is 0 Å². The molecule has 1 amide bonds. The Balaban J connectivity index is 2.21. The third kappa shape index (κ3) is 2.96. The predicted octanol–water partition coefficient (Wildman–Crippen LogP) is 1.45. The fraction of sp³-hybridized carbons (Fsp3) is 0.429. The van der Waals surface area contributed by atoms with E-state index in [0.29, 0.717) is 17.7 Å². The number of carbonyl (C=O) groups is 2. The van der Waals surface area contributed by atoms with E-state index in [4.69, 9.17) is 9.84 Å². The van der Waals surface area contributed by atoms with Crippen molar-refractivity contribution in [1.82, 2.24) is 4.90 Å². The Kier molecular flexibility index (Phi) is 4.04. The number of aryl methyl sites for hydroxylation is 1. The molecule has 108 valence electrons. The van der Waals surface area contributed by atoms with Crippen molar-refractivity contribution in [2.75, 3.05) is 13.1 Å². The molecule has 1 aromatic carbocycles. The Bertz CT molecular complexity index is 546. The van der Waals surface area contributed by atoms with Gasteiger partial charge in [-0.05, 0) is 37.6 Å². The van der Waals surface area contributed by atoms with Crippen molar-refractivity contribution in [3.8, 4) is 0 Å². The van der Waals surface area contributed by atoms with Gasteiger partial charge in [0.05, 0.1) is 12.6 Å². The second kappa shape index (κ2) is 5.58. The number of hydrogen-bond acceptors (Lipinski definition) is 3. The lowest BCUT2D eigenvalue weighted by molar-refractivity contribution is -0.160. The molecule has 0 saturated carbocycles. The number of hydrogen-bond donors (Lipinski definition) is 1. The van der Waals surface area contributed by atoms with Crippen molar-refractivity contribution >= 4 is 11.9 Å². The van der Waals surface area contributed by atoms with E-state index >= 15 is 0 Å². The molecule has 0 aromatic heterocycles. The van der Waals surface area contributed by atoms with Gasteiger partial charge in [0.25, 0.3) is 5.91 Å². The highest BCUT2D eigenvalue weighted by atomic mass is 19.1. The van der Waals surface area contributed by atoms with E-state index in [1.165, 1.54) is 23.1 Å². The molecule has 0 radical (unpaired) electrons. The molecule has 1 saturated heterocycles. The Labute approximate surface area is 116 Å². The maximum absolute atomic E-state index is 13.1. The summed E-state index contributed by atoms with van der Waals surface area (Å²) in [6.45, 7) is 3.68. The number of benzene rings is 1. The molecule has 1 fully saturated rings. The smallest absolute Gasteiger partial charge is 0.334 e. The highest BCUT2D eigenvalue weighted by molar-refractivity contribution is 5.96. The molecular formula is C14H16FNO4. The minimum absolute atomic E-state index is 0.00464. The summed E-state index contributed by atoms with van der Waals surface area (Å²) in [7, 11) is 0. The van der Waals surface area contributed by atoms with Gasteiger partial charge < -0.3 is 14.7 Å². The van der Waals surface area contributed by atoms with Gasteiger partial charge >= 0.3 is 5.97 Å². The highest BCUT2D eigenvalue weighted by Crippen LogP contribution is 2.17. The molecule has 0 bridgehead atoms. The Morgan fingerprint density at radius 3 is 2.70 bits per heavy atom. The summed E-state index contributed by atoms with van der Waals surface area (Å²) < 4.78 is 18.3. The fourth-order valence-electron chi connectivity index (χ4n) is 2.29. The van der Waals surface area contributed by atoms with Crippen molar-refractivity contribution < 1.29 is 23.8 Å². The first-order valence-corrected chi connectivity index (χ1v) is 6.32. The van der Waals surface area contributed by atoms with E-state index in [0.717, 1.165) is 0 Å². The summed E-state index contributed by atoms with van der Waals surface area (Å²) >= 11 is 0. The van der Waals surface area contributed by atoms with E-state index in [1.54, 1.807) is 13.8 Å². The number of amides is 1. The number of carboxylic acid groups (broad SMARTS) is 1. The average molecular weight is 281 g/mol. The van der Waals surface area contributed by atoms with Gasteiger partial charge in [-0.3, -0.25) is 4.79 Å². The maximum Gasteiger partial charge on any atom is 0.334 e. The summed E-state index contributed by atoms with van der Waals surface area (Å²) in [5, 5.41) is 9.00. The third-order valence-electron chi connectivity index (χ3n) is 3.24. The van der Waals surface area contributed by atoms with Crippen LogP contribution in [-0.4, -0.2) is 47.2 Å². The van der Waals surface area contributed by atoms with Gasteiger partial charge in [-0.15, -0.1) is 0 Å². The van der Waals surface area contributed by atoms with Crippen LogP contribution in [0.25, 0.3) is 0 Å². The molecule has 1 aromatic rings. The molecule has 1 heterocycles. The molecule has 6 heteroatoms. The first-order chi connectivity index (χ1) is 9.38. The van der Waals surface area contributed by atoms with Crippen LogP contribution in [0.1, 0.15) is 22.8 Å². The molecular weight excluding hydrogens is 265 g/mol. The average Bonchev–Trinajstić information content (AvgIpc) is 2.37. The first kappa shape index (κ1) is 14.5.